The molecular weight excluding hydrogens is 381 g/mol. The minimum atomic E-state index is -0.290. The van der Waals surface area contributed by atoms with Crippen molar-refractivity contribution in [1.82, 2.24) is 0 Å². The first-order chi connectivity index (χ1) is 10.1. The number of benzene rings is 2. The molecule has 0 bridgehead atoms. The van der Waals surface area contributed by atoms with Crippen LogP contribution >= 0.6 is 22.6 Å². The lowest BCUT2D eigenvalue weighted by Gasteiger charge is -2.05. The number of halogens is 1. The van der Waals surface area contributed by atoms with Gasteiger partial charge in [-0.05, 0) is 40.8 Å². The Morgan fingerprint density at radius 3 is 2.67 bits per heavy atom. The number of oxime groups is 1. The van der Waals surface area contributed by atoms with Crippen molar-refractivity contribution in [2.75, 3.05) is 11.9 Å². The van der Waals surface area contributed by atoms with E-state index in [-0.39, 0.29) is 18.3 Å². The van der Waals surface area contributed by atoms with E-state index in [0.29, 0.717) is 0 Å². The van der Waals surface area contributed by atoms with Crippen molar-refractivity contribution in [3.8, 4) is 0 Å². The van der Waals surface area contributed by atoms with Crippen LogP contribution in [-0.2, 0) is 9.63 Å². The van der Waals surface area contributed by atoms with E-state index in [9.17, 15) is 4.79 Å². The van der Waals surface area contributed by atoms with E-state index in [1.807, 2.05) is 54.6 Å². The predicted molar refractivity (Wildman–Crippen MR) is 90.9 cm³/mol. The number of nitrogens with zero attached hydrogens (tertiary/aromatic N) is 1. The summed E-state index contributed by atoms with van der Waals surface area (Å²) in [5.41, 5.74) is 7.21. The van der Waals surface area contributed by atoms with E-state index in [1.165, 1.54) is 0 Å². The van der Waals surface area contributed by atoms with Crippen LogP contribution in [0, 0.1) is 3.57 Å². The maximum atomic E-state index is 11.7. The maximum absolute atomic E-state index is 11.7. The Labute approximate surface area is 136 Å². The van der Waals surface area contributed by atoms with Gasteiger partial charge >= 0.3 is 0 Å². The Bertz CT molecular complexity index is 644. The summed E-state index contributed by atoms with van der Waals surface area (Å²) in [6.45, 7) is -0.195. The minimum absolute atomic E-state index is 0.195. The van der Waals surface area contributed by atoms with Gasteiger partial charge < -0.3 is 15.9 Å². The zero-order chi connectivity index (χ0) is 15.1. The van der Waals surface area contributed by atoms with Gasteiger partial charge in [0.15, 0.2) is 12.4 Å². The van der Waals surface area contributed by atoms with Crippen LogP contribution in [-0.4, -0.2) is 18.3 Å². The largest absolute Gasteiger partial charge is 0.384 e. The summed E-state index contributed by atoms with van der Waals surface area (Å²) in [5.74, 6) is -0.0562. The second-order valence-corrected chi connectivity index (χ2v) is 5.42. The van der Waals surface area contributed by atoms with Gasteiger partial charge in [0, 0.05) is 14.8 Å². The SMILES string of the molecule is N/C(=N\OCC(=O)Nc1cccc(I)c1)c1ccccc1. The molecule has 2 rings (SSSR count). The normalized spacial score (nSPS) is 11.0. The molecule has 0 saturated carbocycles. The second kappa shape index (κ2) is 7.63. The summed E-state index contributed by atoms with van der Waals surface area (Å²) in [7, 11) is 0. The van der Waals surface area contributed by atoms with Gasteiger partial charge in [0.25, 0.3) is 5.91 Å². The van der Waals surface area contributed by atoms with Crippen molar-refractivity contribution in [2.45, 2.75) is 0 Å². The molecule has 0 aliphatic rings. The standard InChI is InChI=1S/C15H14IN3O2/c16-12-7-4-8-13(9-12)18-14(20)10-21-19-15(17)11-5-2-1-3-6-11/h1-9H,10H2,(H2,17,19)(H,18,20). The smallest absolute Gasteiger partial charge is 0.265 e. The van der Waals surface area contributed by atoms with Crippen molar-refractivity contribution in [2.24, 2.45) is 10.9 Å². The van der Waals surface area contributed by atoms with Gasteiger partial charge in [-0.25, -0.2) is 0 Å². The molecule has 2 aromatic rings. The number of nitrogens with two attached hydrogens (primary N) is 1. The topological polar surface area (TPSA) is 76.7 Å². The summed E-state index contributed by atoms with van der Waals surface area (Å²) >= 11 is 2.18. The first-order valence-electron chi connectivity index (χ1n) is 6.21. The van der Waals surface area contributed by atoms with Crippen LogP contribution in [0.3, 0.4) is 0 Å². The Balaban J connectivity index is 1.84. The first kappa shape index (κ1) is 15.3. The van der Waals surface area contributed by atoms with Gasteiger partial charge in [-0.15, -0.1) is 0 Å². The average Bonchev–Trinajstić information content (AvgIpc) is 2.48. The molecule has 0 spiro atoms. The van der Waals surface area contributed by atoms with Gasteiger partial charge in [-0.1, -0.05) is 41.6 Å². The number of anilines is 1. The van der Waals surface area contributed by atoms with Gasteiger partial charge in [0.1, 0.15) is 0 Å². The summed E-state index contributed by atoms with van der Waals surface area (Å²) < 4.78 is 1.04. The van der Waals surface area contributed by atoms with Crippen molar-refractivity contribution in [3.05, 3.63) is 63.7 Å². The fraction of sp³-hybridized carbons (Fsp3) is 0.0667. The van der Waals surface area contributed by atoms with Crippen LogP contribution in [0.1, 0.15) is 5.56 Å². The molecule has 0 unspecified atom stereocenters. The molecule has 3 N–H and O–H groups in total. The Morgan fingerprint density at radius 1 is 1.19 bits per heavy atom. The first-order valence-corrected chi connectivity index (χ1v) is 7.29. The molecule has 0 aliphatic carbocycles. The third-order valence-electron chi connectivity index (χ3n) is 2.54. The van der Waals surface area contributed by atoms with E-state index >= 15 is 0 Å². The molecule has 0 saturated heterocycles. The third-order valence-corrected chi connectivity index (χ3v) is 3.21. The number of hydrogen-bond acceptors (Lipinski definition) is 3. The highest BCUT2D eigenvalue weighted by Crippen LogP contribution is 2.12. The van der Waals surface area contributed by atoms with E-state index in [4.69, 9.17) is 10.6 Å². The minimum Gasteiger partial charge on any atom is -0.384 e. The van der Waals surface area contributed by atoms with Gasteiger partial charge in [-0.2, -0.15) is 0 Å². The molecule has 108 valence electrons. The number of amides is 1. The van der Waals surface area contributed by atoms with Gasteiger partial charge in [0.2, 0.25) is 0 Å². The van der Waals surface area contributed by atoms with E-state index in [2.05, 4.69) is 33.1 Å². The van der Waals surface area contributed by atoms with Crippen molar-refractivity contribution in [1.29, 1.82) is 0 Å². The molecule has 0 aliphatic heterocycles. The second-order valence-electron chi connectivity index (χ2n) is 4.17. The lowest BCUT2D eigenvalue weighted by molar-refractivity contribution is -0.120. The highest BCUT2D eigenvalue weighted by molar-refractivity contribution is 14.1. The highest BCUT2D eigenvalue weighted by atomic mass is 127. The number of amidine groups is 1. The number of hydrogen-bond donors (Lipinski definition) is 2. The summed E-state index contributed by atoms with van der Waals surface area (Å²) in [6, 6.07) is 16.7. The number of rotatable bonds is 5. The van der Waals surface area contributed by atoms with E-state index < -0.39 is 0 Å². The van der Waals surface area contributed by atoms with Crippen LogP contribution in [0.5, 0.6) is 0 Å². The van der Waals surface area contributed by atoms with Crippen molar-refractivity contribution in [3.63, 3.8) is 0 Å². The monoisotopic (exact) mass is 395 g/mol. The molecule has 0 atom stereocenters. The molecule has 21 heavy (non-hydrogen) atoms. The number of carbonyl (C=O) groups excluding carboxylic acids is 1. The van der Waals surface area contributed by atoms with Crippen LogP contribution in [0.2, 0.25) is 0 Å². The van der Waals surface area contributed by atoms with Crippen LogP contribution in [0.25, 0.3) is 0 Å². The maximum Gasteiger partial charge on any atom is 0.265 e. The molecule has 0 fully saturated rings. The number of carbonyl (C=O) groups is 1. The summed E-state index contributed by atoms with van der Waals surface area (Å²) in [4.78, 5) is 16.7. The Morgan fingerprint density at radius 2 is 1.95 bits per heavy atom. The van der Waals surface area contributed by atoms with Crippen LogP contribution in [0.15, 0.2) is 59.8 Å². The van der Waals surface area contributed by atoms with Crippen molar-refractivity contribution < 1.29 is 9.63 Å². The fourth-order valence-corrected chi connectivity index (χ4v) is 2.13. The molecule has 0 aromatic heterocycles. The molecule has 0 radical (unpaired) electrons. The lowest BCUT2D eigenvalue weighted by atomic mass is 10.2. The fourth-order valence-electron chi connectivity index (χ4n) is 1.59. The summed E-state index contributed by atoms with van der Waals surface area (Å²) in [5, 5.41) is 6.44. The van der Waals surface area contributed by atoms with Crippen LogP contribution in [0.4, 0.5) is 5.69 Å². The average molecular weight is 395 g/mol. The zero-order valence-corrected chi connectivity index (χ0v) is 13.3. The van der Waals surface area contributed by atoms with E-state index in [0.717, 1.165) is 14.8 Å². The number of nitrogens with one attached hydrogen (secondary N) is 1. The van der Waals surface area contributed by atoms with Crippen LogP contribution < -0.4 is 11.1 Å². The zero-order valence-electron chi connectivity index (χ0n) is 11.1. The summed E-state index contributed by atoms with van der Waals surface area (Å²) in [6.07, 6.45) is 0. The van der Waals surface area contributed by atoms with E-state index in [1.54, 1.807) is 0 Å². The molecule has 5 nitrogen and oxygen atoms in total. The van der Waals surface area contributed by atoms with Gasteiger partial charge in [0.05, 0.1) is 0 Å². The predicted octanol–water partition coefficient (Wildman–Crippen LogP) is 2.57. The highest BCUT2D eigenvalue weighted by Gasteiger charge is 2.04. The van der Waals surface area contributed by atoms with Crippen molar-refractivity contribution >= 4 is 40.0 Å². The Kier molecular flexibility index (Phi) is 5.56. The third kappa shape index (κ3) is 5.07. The molecule has 1 amide bonds. The molecule has 0 heterocycles. The Hall–Kier alpha value is -2.09. The molecule has 2 aromatic carbocycles. The lowest BCUT2D eigenvalue weighted by Crippen LogP contribution is -2.19. The molecule has 6 heteroatoms. The van der Waals surface area contributed by atoms with Gasteiger partial charge in [-0.3, -0.25) is 4.79 Å². The quantitative estimate of drug-likeness (QED) is 0.354. The molecular formula is C15H14IN3O2.